The van der Waals surface area contributed by atoms with Gasteiger partial charge in [0.25, 0.3) is 0 Å². The predicted molar refractivity (Wildman–Crippen MR) is 126 cm³/mol. The number of nitrogens with zero attached hydrogens (tertiary/aromatic N) is 1. The van der Waals surface area contributed by atoms with Crippen molar-refractivity contribution in [3.63, 3.8) is 0 Å². The lowest BCUT2D eigenvalue weighted by Crippen LogP contribution is -2.53. The molecule has 176 valence electrons. The quantitative estimate of drug-likeness (QED) is 0.545. The van der Waals surface area contributed by atoms with E-state index in [4.69, 9.17) is 17.3 Å². The maximum atomic E-state index is 13.7. The molecule has 8 nitrogen and oxygen atoms in total. The second-order valence-electron chi connectivity index (χ2n) is 9.23. The molecule has 2 fully saturated rings. The third-order valence-corrected chi connectivity index (χ3v) is 7.46. The molecule has 4 N–H and O–H groups in total. The second kappa shape index (κ2) is 8.21. The van der Waals surface area contributed by atoms with Crippen molar-refractivity contribution in [2.24, 2.45) is 17.6 Å². The van der Waals surface area contributed by atoms with Crippen LogP contribution in [0.5, 0.6) is 0 Å². The van der Waals surface area contributed by atoms with Gasteiger partial charge in [0.05, 0.1) is 11.8 Å². The minimum absolute atomic E-state index is 0.0332. The summed E-state index contributed by atoms with van der Waals surface area (Å²) in [4.78, 5) is 53.6. The monoisotopic (exact) mass is 480 g/mol. The summed E-state index contributed by atoms with van der Waals surface area (Å²) in [6.07, 6.45) is 0.787. The van der Waals surface area contributed by atoms with E-state index in [-0.39, 0.29) is 31.2 Å². The number of primary amides is 1. The molecule has 34 heavy (non-hydrogen) atoms. The molecule has 3 aliphatic rings. The number of rotatable bonds is 6. The number of nitrogens with two attached hydrogens (primary N) is 1. The topological polar surface area (TPSA) is 122 Å². The Morgan fingerprint density at radius 2 is 1.88 bits per heavy atom. The van der Waals surface area contributed by atoms with E-state index < -0.39 is 35.2 Å². The van der Waals surface area contributed by atoms with Gasteiger partial charge in [0, 0.05) is 35.3 Å². The molecule has 3 aliphatic heterocycles. The lowest BCUT2D eigenvalue weighted by atomic mass is 9.76. The Balaban J connectivity index is 1.55. The number of imide groups is 1. The van der Waals surface area contributed by atoms with Gasteiger partial charge in [0.1, 0.15) is 5.54 Å². The number of benzene rings is 2. The molecular weight excluding hydrogens is 456 g/mol. The Morgan fingerprint density at radius 1 is 1.15 bits per heavy atom. The molecule has 0 bridgehead atoms. The number of likely N-dealkylation sites (tertiary alicyclic amines) is 1. The largest absolute Gasteiger partial charge is 0.370 e. The molecular formula is C25H25ClN4O4. The van der Waals surface area contributed by atoms with Crippen LogP contribution < -0.4 is 16.4 Å². The highest BCUT2D eigenvalue weighted by Gasteiger charge is 2.70. The molecule has 4 atom stereocenters. The van der Waals surface area contributed by atoms with Crippen molar-refractivity contribution in [1.82, 2.24) is 10.2 Å². The van der Waals surface area contributed by atoms with Crippen LogP contribution in [-0.2, 0) is 31.1 Å². The first-order chi connectivity index (χ1) is 16.2. The van der Waals surface area contributed by atoms with Gasteiger partial charge in [-0.3, -0.25) is 29.4 Å². The highest BCUT2D eigenvalue weighted by atomic mass is 35.5. The first-order valence-corrected chi connectivity index (χ1v) is 11.7. The summed E-state index contributed by atoms with van der Waals surface area (Å²) in [7, 11) is 0. The number of hydrogen-bond donors (Lipinski definition) is 3. The predicted octanol–water partition coefficient (Wildman–Crippen LogP) is 1.88. The summed E-state index contributed by atoms with van der Waals surface area (Å²) < 4.78 is 0. The number of hydrogen-bond acceptors (Lipinski definition) is 5. The van der Waals surface area contributed by atoms with E-state index in [1.807, 2.05) is 37.3 Å². The van der Waals surface area contributed by atoms with E-state index in [1.165, 1.54) is 4.90 Å². The molecule has 2 saturated heterocycles. The van der Waals surface area contributed by atoms with Crippen LogP contribution in [0, 0.1) is 18.8 Å². The number of carbonyl (C=O) groups is 4. The zero-order chi connectivity index (χ0) is 24.2. The van der Waals surface area contributed by atoms with Gasteiger partial charge in [-0.05, 0) is 43.0 Å². The van der Waals surface area contributed by atoms with Gasteiger partial charge >= 0.3 is 0 Å². The third kappa shape index (κ3) is 3.32. The molecule has 2 aromatic carbocycles. The Bertz CT molecular complexity index is 1220. The molecule has 0 aromatic heterocycles. The van der Waals surface area contributed by atoms with Crippen LogP contribution in [0.3, 0.4) is 0 Å². The molecule has 0 unspecified atom stereocenters. The molecule has 0 aliphatic carbocycles. The molecule has 2 aromatic rings. The molecule has 1 spiro atoms. The second-order valence-corrected chi connectivity index (χ2v) is 9.67. The van der Waals surface area contributed by atoms with E-state index >= 15 is 0 Å². The average molecular weight is 481 g/mol. The first kappa shape index (κ1) is 22.6. The van der Waals surface area contributed by atoms with Crippen molar-refractivity contribution < 1.29 is 19.2 Å². The molecule has 9 heteroatoms. The minimum Gasteiger partial charge on any atom is -0.370 e. The Hall–Kier alpha value is -3.23. The molecule has 0 saturated carbocycles. The lowest BCUT2D eigenvalue weighted by molar-refractivity contribution is -0.142. The van der Waals surface area contributed by atoms with Crippen molar-refractivity contribution in [3.05, 3.63) is 64.2 Å². The zero-order valence-corrected chi connectivity index (χ0v) is 19.4. The van der Waals surface area contributed by atoms with E-state index in [1.54, 1.807) is 12.1 Å². The Morgan fingerprint density at radius 3 is 2.59 bits per heavy atom. The number of halogens is 1. The van der Waals surface area contributed by atoms with E-state index in [0.717, 1.165) is 11.1 Å². The minimum atomic E-state index is -1.44. The van der Waals surface area contributed by atoms with E-state index in [9.17, 15) is 19.2 Å². The van der Waals surface area contributed by atoms with Crippen molar-refractivity contribution in [1.29, 1.82) is 0 Å². The maximum Gasteiger partial charge on any atom is 0.250 e. The van der Waals surface area contributed by atoms with Crippen LogP contribution in [0.15, 0.2) is 42.5 Å². The number of anilines is 1. The fourth-order valence-electron chi connectivity index (χ4n) is 5.75. The number of aryl methyl sites for hydroxylation is 1. The summed E-state index contributed by atoms with van der Waals surface area (Å²) in [5.41, 5.74) is 6.86. The molecule has 3 heterocycles. The maximum absolute atomic E-state index is 13.7. The SMILES string of the molecule is Cc1cc(Cl)cc2c1NC(=O)[C@]21N[C@H](CCC(N)=O)[C@H]2C(=O)N(CCc3ccccc3)C(=O)[C@@H]21. The summed E-state index contributed by atoms with van der Waals surface area (Å²) >= 11 is 6.34. The van der Waals surface area contributed by atoms with Crippen LogP contribution in [0.1, 0.15) is 29.5 Å². The van der Waals surface area contributed by atoms with Crippen molar-refractivity contribution in [2.45, 2.75) is 37.8 Å². The first-order valence-electron chi connectivity index (χ1n) is 11.3. The van der Waals surface area contributed by atoms with E-state index in [0.29, 0.717) is 22.7 Å². The molecule has 0 radical (unpaired) electrons. The van der Waals surface area contributed by atoms with Crippen LogP contribution >= 0.6 is 11.6 Å². The molecule has 5 rings (SSSR count). The lowest BCUT2D eigenvalue weighted by Gasteiger charge is -2.29. The van der Waals surface area contributed by atoms with Crippen molar-refractivity contribution in [2.75, 3.05) is 11.9 Å². The summed E-state index contributed by atoms with van der Waals surface area (Å²) in [5, 5.41) is 6.62. The Labute approximate surface area is 201 Å². The van der Waals surface area contributed by atoms with Crippen LogP contribution in [0.2, 0.25) is 5.02 Å². The highest BCUT2D eigenvalue weighted by Crippen LogP contribution is 2.54. The van der Waals surface area contributed by atoms with Gasteiger partial charge in [0.2, 0.25) is 23.6 Å². The smallest absolute Gasteiger partial charge is 0.250 e. The van der Waals surface area contributed by atoms with Gasteiger partial charge in [-0.1, -0.05) is 41.9 Å². The molecule has 4 amide bonds. The van der Waals surface area contributed by atoms with Crippen molar-refractivity contribution in [3.8, 4) is 0 Å². The summed E-state index contributed by atoms with van der Waals surface area (Å²) in [6.45, 7) is 2.05. The number of nitrogens with one attached hydrogen (secondary N) is 2. The van der Waals surface area contributed by atoms with E-state index in [2.05, 4.69) is 10.6 Å². The number of amides is 4. The fraction of sp³-hybridized carbons (Fsp3) is 0.360. The van der Waals surface area contributed by atoms with Gasteiger partial charge in [-0.2, -0.15) is 0 Å². The van der Waals surface area contributed by atoms with Crippen LogP contribution in [0.25, 0.3) is 0 Å². The normalized spacial score (nSPS) is 27.3. The van der Waals surface area contributed by atoms with Crippen LogP contribution in [0.4, 0.5) is 5.69 Å². The highest BCUT2D eigenvalue weighted by molar-refractivity contribution is 6.31. The third-order valence-electron chi connectivity index (χ3n) is 7.25. The standard InChI is InChI=1S/C25H25ClN4O4/c1-13-11-15(26)12-16-21(13)28-24(34)25(16)20-19(17(29-25)7-8-18(27)31)22(32)30(23(20)33)10-9-14-5-3-2-4-6-14/h2-6,11-12,17,19-20,29H,7-10H2,1H3,(H2,27,31)(H,28,34)/t17-,19-,20-,25+/m1/s1. The van der Waals surface area contributed by atoms with Gasteiger partial charge in [-0.15, -0.1) is 0 Å². The van der Waals surface area contributed by atoms with Gasteiger partial charge in [-0.25, -0.2) is 0 Å². The Kier molecular flexibility index (Phi) is 5.45. The zero-order valence-electron chi connectivity index (χ0n) is 18.6. The summed E-state index contributed by atoms with van der Waals surface area (Å²) in [6, 6.07) is 12.4. The number of fused-ring (bicyclic) bond motifs is 4. The van der Waals surface area contributed by atoms with Gasteiger partial charge in [0.15, 0.2) is 0 Å². The van der Waals surface area contributed by atoms with Crippen LogP contribution in [-0.4, -0.2) is 41.1 Å². The van der Waals surface area contributed by atoms with Crippen molar-refractivity contribution >= 4 is 40.9 Å². The average Bonchev–Trinajstić information content (AvgIpc) is 3.37. The summed E-state index contributed by atoms with van der Waals surface area (Å²) in [5.74, 6) is -3.33. The fourth-order valence-corrected chi connectivity index (χ4v) is 6.02. The van der Waals surface area contributed by atoms with Gasteiger partial charge < -0.3 is 11.1 Å². The number of carbonyl (C=O) groups excluding carboxylic acids is 4.